The number of ether oxygens (including phenoxy) is 8. The Labute approximate surface area is 767 Å². The Morgan fingerprint density at radius 2 is 0.835 bits per heavy atom. The summed E-state index contributed by atoms with van der Waals surface area (Å²) in [6.45, 7) is 17.6. The van der Waals surface area contributed by atoms with Gasteiger partial charge in [0.05, 0.1) is 69.5 Å². The number of carbonyl (C=O) groups is 4. The third kappa shape index (κ3) is 21.4. The number of nitrogens with zero attached hydrogens (tertiary/aromatic N) is 16. The lowest BCUT2D eigenvalue weighted by Gasteiger charge is -2.34. The van der Waals surface area contributed by atoms with E-state index >= 15 is 0 Å². The lowest BCUT2D eigenvalue weighted by atomic mass is 9.94. The smallest absolute Gasteiger partial charge is 0.342 e. The van der Waals surface area contributed by atoms with Gasteiger partial charge in [0.2, 0.25) is 23.8 Å². The van der Waals surface area contributed by atoms with Gasteiger partial charge in [0, 0.05) is 18.1 Å². The van der Waals surface area contributed by atoms with Crippen molar-refractivity contribution in [1.29, 1.82) is 0 Å². The molecule has 3 aliphatic carbocycles. The molecule has 7 fully saturated rings. The molecule has 8 aromatic heterocycles. The van der Waals surface area contributed by atoms with Crippen LogP contribution in [0.1, 0.15) is 180 Å². The van der Waals surface area contributed by atoms with E-state index in [0.29, 0.717) is 80.4 Å². The molecule has 133 heavy (non-hydrogen) atoms. The second-order valence-electron chi connectivity index (χ2n) is 35.2. The molecule has 0 spiro atoms. The standard InChI is InChI=1S/C30H51N8O9P.C26H24ClN5O5.2C14H20N6O4/c1-8-44-26(40)19(12-16(3)4)36-48(43,37-20(13-17(5)6)27(41)45-9-2)46-14-21-23(39)30(7,42)28(47-21)38-15-32-22-24(33-18-10-11-18)34-29(31)35-25(22)38;1-3-17-19(36-22(33)15-10-6-4-7-11-15)26(2,37-23(34)16-12-8-5-9-13-16)24(35-17)32-14-29-18-20(27)30-25(28)31-21(18)32;2*1-14(23)9(22)7(4-21)24-12(14)20-5-16-8-10(17-6-2-3-6)18-13(15)19-11(8)20/h15-21,23,28,39,42H,8-14H2,1-7H3,(H2,36,37,43)(H3,31,33,34,35);4-14,17,19,24H,3H2,1-2H3,(H2,28,30,31);2*5-7,9,12,21-23H,2-4H2,1H3,(H3,15,17,18,19)/t19?,20?,21-,23?,28-,30+,48?;17-,19?,24-,26+;2*7-,9?,12-,14+/m1111/s1. The third-order valence-electron chi connectivity index (χ3n) is 23.4. The van der Waals surface area contributed by atoms with Crippen molar-refractivity contribution in [2.45, 2.75) is 260 Å². The van der Waals surface area contributed by atoms with Crippen LogP contribution >= 0.6 is 19.3 Å². The van der Waals surface area contributed by atoms with Crippen molar-refractivity contribution in [3.63, 3.8) is 0 Å². The summed E-state index contributed by atoms with van der Waals surface area (Å²) in [5, 5.41) is 98.4. The number of carbonyl (C=O) groups excluding carboxylic acids is 4. The van der Waals surface area contributed by atoms with Crippen LogP contribution in [0.5, 0.6) is 0 Å². The molecule has 7 aliphatic rings. The van der Waals surface area contributed by atoms with Crippen LogP contribution in [0.25, 0.3) is 44.7 Å². The van der Waals surface area contributed by atoms with Crippen molar-refractivity contribution in [2.24, 2.45) is 11.8 Å². The fourth-order valence-electron chi connectivity index (χ4n) is 16.1. The Hall–Kier alpha value is -11.0. The number of rotatable bonds is 32. The van der Waals surface area contributed by atoms with E-state index in [1.807, 2.05) is 34.6 Å². The summed E-state index contributed by atoms with van der Waals surface area (Å²) >= 11 is 6.24. The summed E-state index contributed by atoms with van der Waals surface area (Å²) in [5.41, 5.74) is 20.6. The number of imidazole rings is 4. The van der Waals surface area contributed by atoms with Crippen molar-refractivity contribution >= 4 is 129 Å². The van der Waals surface area contributed by atoms with Gasteiger partial charge in [0.15, 0.2) is 98.4 Å². The maximum Gasteiger partial charge on any atom is 0.342 e. The highest BCUT2D eigenvalue weighted by Crippen LogP contribution is 2.50. The van der Waals surface area contributed by atoms with Crippen LogP contribution < -0.4 is 49.1 Å². The molecular formula is C84H115ClN25O22P. The van der Waals surface area contributed by atoms with Crippen molar-refractivity contribution in [3.05, 3.63) is 102 Å². The van der Waals surface area contributed by atoms with Gasteiger partial charge in [-0.15, -0.1) is 0 Å². The molecule has 2 aromatic carbocycles. The Balaban J connectivity index is 0.000000148. The lowest BCUT2D eigenvalue weighted by Crippen LogP contribution is -2.49. The van der Waals surface area contributed by atoms with Gasteiger partial charge in [-0.05, 0) is 135 Å². The Kier molecular flexibility index (Phi) is 29.7. The van der Waals surface area contributed by atoms with E-state index in [1.54, 1.807) is 86.0 Å². The zero-order chi connectivity index (χ0) is 95.7. The molecule has 0 radical (unpaired) electrons. The molecule has 720 valence electrons. The zero-order valence-electron chi connectivity index (χ0n) is 75.0. The van der Waals surface area contributed by atoms with E-state index in [1.165, 1.54) is 59.8 Å². The average molecular weight is 1890 g/mol. The summed E-state index contributed by atoms with van der Waals surface area (Å²) in [7, 11) is -4.30. The molecule has 21 N–H and O–H groups in total. The largest absolute Gasteiger partial charge is 0.465 e. The normalized spacial score (nSPS) is 27.6. The number of anilines is 7. The van der Waals surface area contributed by atoms with E-state index in [-0.39, 0.29) is 84.2 Å². The highest BCUT2D eigenvalue weighted by Gasteiger charge is 2.61. The second kappa shape index (κ2) is 40.3. The minimum absolute atomic E-state index is 0.00411. The number of aliphatic hydroxyl groups is 8. The molecule has 47 nitrogen and oxygen atoms in total. The van der Waals surface area contributed by atoms with Gasteiger partial charge in [-0.3, -0.25) is 32.4 Å². The quantitative estimate of drug-likeness (QED) is 0.0120. The van der Waals surface area contributed by atoms with E-state index in [9.17, 15) is 64.6 Å². The summed E-state index contributed by atoms with van der Waals surface area (Å²) < 4.78 is 72.8. The summed E-state index contributed by atoms with van der Waals surface area (Å²) in [6.07, 6.45) is 0.266. The molecule has 0 amide bonds. The number of esters is 4. The van der Waals surface area contributed by atoms with Gasteiger partial charge < -0.3 is 122 Å². The molecule has 17 rings (SSSR count). The van der Waals surface area contributed by atoms with Crippen LogP contribution in [-0.2, 0) is 56.6 Å². The molecular weight excluding hydrogens is 1780 g/mol. The van der Waals surface area contributed by atoms with Gasteiger partial charge in [-0.2, -0.15) is 39.9 Å². The van der Waals surface area contributed by atoms with Gasteiger partial charge in [0.1, 0.15) is 77.1 Å². The van der Waals surface area contributed by atoms with E-state index in [4.69, 9.17) is 77.0 Å². The number of nitrogens with two attached hydrogens (primary N) is 4. The number of aromatic nitrogens is 16. The Morgan fingerprint density at radius 1 is 0.496 bits per heavy atom. The Morgan fingerprint density at radius 3 is 1.19 bits per heavy atom. The number of benzene rings is 2. The topological polar surface area (TPSA) is 669 Å². The van der Waals surface area contributed by atoms with Crippen molar-refractivity contribution in [2.75, 3.05) is 71.9 Å². The maximum absolute atomic E-state index is 14.6. The summed E-state index contributed by atoms with van der Waals surface area (Å²) in [6, 6.07) is 16.0. The predicted molar refractivity (Wildman–Crippen MR) is 479 cm³/mol. The van der Waals surface area contributed by atoms with Crippen LogP contribution in [0.15, 0.2) is 86.0 Å². The number of hydrogen-bond acceptors (Lipinski definition) is 41. The van der Waals surface area contributed by atoms with Crippen LogP contribution in [0.4, 0.5) is 41.2 Å². The van der Waals surface area contributed by atoms with Crippen LogP contribution in [0.2, 0.25) is 5.15 Å². The number of nitrogens with one attached hydrogen (secondary N) is 5. The van der Waals surface area contributed by atoms with Crippen molar-refractivity contribution < 1.29 is 107 Å². The molecule has 6 unspecified atom stereocenters. The first kappa shape index (κ1) is 98.0. The van der Waals surface area contributed by atoms with Gasteiger partial charge in [0.25, 0.3) is 0 Å². The van der Waals surface area contributed by atoms with E-state index in [2.05, 4.69) is 85.9 Å². The fourth-order valence-corrected chi connectivity index (χ4v) is 18.1. The number of halogens is 1. The van der Waals surface area contributed by atoms with Crippen LogP contribution in [0, 0.1) is 11.8 Å². The van der Waals surface area contributed by atoms with E-state index in [0.717, 1.165) is 38.5 Å². The minimum Gasteiger partial charge on any atom is -0.465 e. The van der Waals surface area contributed by atoms with E-state index < -0.39 is 160 Å². The Bertz CT molecular complexity index is 5660. The van der Waals surface area contributed by atoms with Gasteiger partial charge >= 0.3 is 31.5 Å². The zero-order valence-corrected chi connectivity index (χ0v) is 76.7. The molecule has 3 saturated carbocycles. The van der Waals surface area contributed by atoms with Gasteiger partial charge in [-0.25, -0.2) is 39.7 Å². The minimum atomic E-state index is -4.30. The highest BCUT2D eigenvalue weighted by molar-refractivity contribution is 7.54. The number of nitrogen functional groups attached to an aromatic ring is 4. The monoisotopic (exact) mass is 1890 g/mol. The molecule has 0 bridgehead atoms. The summed E-state index contributed by atoms with van der Waals surface area (Å²) in [4.78, 5) is 103. The second-order valence-corrected chi connectivity index (χ2v) is 37.4. The van der Waals surface area contributed by atoms with Crippen LogP contribution in [-0.4, -0.2) is 277 Å². The molecule has 18 atom stereocenters. The number of aliphatic hydroxyl groups excluding tert-OH is 5. The molecule has 49 heteroatoms. The predicted octanol–water partition coefficient (Wildman–Crippen LogP) is 4.43. The fraction of sp³-hybridized carbons (Fsp3) is 0.571. The summed E-state index contributed by atoms with van der Waals surface area (Å²) in [5.74, 6) is -0.866. The number of hydrogen-bond donors (Lipinski definition) is 17. The lowest BCUT2D eigenvalue weighted by molar-refractivity contribution is -0.146. The molecule has 4 saturated heterocycles. The number of fused-ring (bicyclic) bond motifs is 4. The SMILES string of the molecule is CCOC(=O)C(CC(C)C)NP(=O)(NC(CC(C)C)C(=O)OCC)OC[C@H]1O[C@@H](n2cnc3c(NC4CC4)nc(N)nc32)[C@@](C)(O)C1O.CC[C@H]1O[C@@H](n2cnc3c(Cl)nc(N)nc32)[C@@](C)(OC(=O)c2ccccc2)C1OC(=O)c1ccccc1.C[C@]1(O)C(O)[C@@H](CO)O[C@H]1n1cnc2c(NC3CC3)nc(N)nc21.C[C@]1(O)C(O)[C@@H](CO)O[C@H]1n1cnc2c(NC3CC3)nc(N)nc21. The molecule has 10 aromatic rings. The van der Waals surface area contributed by atoms with Crippen molar-refractivity contribution in [1.82, 2.24) is 88.3 Å². The third-order valence-corrected chi connectivity index (χ3v) is 25.5. The first-order valence-corrected chi connectivity index (χ1v) is 45.9. The molecule has 12 heterocycles. The first-order valence-electron chi connectivity index (χ1n) is 43.9. The first-order chi connectivity index (χ1) is 63.2. The highest BCUT2D eigenvalue weighted by atomic mass is 35.5. The molecule has 4 aliphatic heterocycles. The van der Waals surface area contributed by atoms with Gasteiger partial charge in [-0.1, -0.05) is 82.6 Å². The van der Waals surface area contributed by atoms with Crippen molar-refractivity contribution in [3.8, 4) is 0 Å². The average Bonchev–Trinajstić information content (AvgIpc) is 1.57. The van der Waals surface area contributed by atoms with Crippen LogP contribution in [0.3, 0.4) is 0 Å². The maximum atomic E-state index is 14.6.